The zero-order valence-corrected chi connectivity index (χ0v) is 10.4. The first-order valence-corrected chi connectivity index (χ1v) is 5.41. The van der Waals surface area contributed by atoms with E-state index < -0.39 is 0 Å². The van der Waals surface area contributed by atoms with Crippen molar-refractivity contribution in [2.75, 3.05) is 20.7 Å². The fourth-order valence-electron chi connectivity index (χ4n) is 1.37. The molecule has 7 nitrogen and oxygen atoms in total. The maximum absolute atomic E-state index is 11.8. The van der Waals surface area contributed by atoms with E-state index in [1.807, 2.05) is 6.92 Å². The van der Waals surface area contributed by atoms with Gasteiger partial charge in [0.05, 0.1) is 19.1 Å². The van der Waals surface area contributed by atoms with Gasteiger partial charge in [-0.25, -0.2) is 4.98 Å². The van der Waals surface area contributed by atoms with Crippen LogP contribution >= 0.6 is 0 Å². The van der Waals surface area contributed by atoms with E-state index in [0.29, 0.717) is 18.9 Å². The maximum atomic E-state index is 11.8. The lowest BCUT2D eigenvalue weighted by atomic mass is 10.2. The minimum atomic E-state index is -0.237. The van der Waals surface area contributed by atoms with Crippen LogP contribution in [0.4, 0.5) is 0 Å². The third-order valence-electron chi connectivity index (χ3n) is 2.45. The number of carbonyl (C=O) groups is 1. The number of hydrogen-bond acceptors (Lipinski definition) is 5. The highest BCUT2D eigenvalue weighted by Crippen LogP contribution is 2.03. The van der Waals surface area contributed by atoms with Crippen molar-refractivity contribution in [3.05, 3.63) is 11.6 Å². The Labute approximate surface area is 100 Å². The highest BCUT2D eigenvalue weighted by molar-refractivity contribution is 5.76. The van der Waals surface area contributed by atoms with Crippen molar-refractivity contribution < 1.29 is 9.53 Å². The second kappa shape index (κ2) is 6.31. The van der Waals surface area contributed by atoms with E-state index in [-0.39, 0.29) is 18.4 Å². The number of aromatic nitrogens is 3. The van der Waals surface area contributed by atoms with E-state index in [1.165, 1.54) is 0 Å². The summed E-state index contributed by atoms with van der Waals surface area (Å²) in [6.45, 7) is 2.52. The van der Waals surface area contributed by atoms with E-state index in [2.05, 4.69) is 15.2 Å². The summed E-state index contributed by atoms with van der Waals surface area (Å²) in [5, 5.41) is 6.70. The molecule has 0 aromatic carbocycles. The molecule has 0 aliphatic rings. The number of amides is 1. The number of nitrogens with zero attached hydrogens (tertiary/aromatic N) is 3. The number of nitrogens with two attached hydrogens (primary N) is 1. The summed E-state index contributed by atoms with van der Waals surface area (Å²) < 4.78 is 5.06. The summed E-state index contributed by atoms with van der Waals surface area (Å²) in [6.07, 6.45) is 0.0335. The normalized spacial score (nSPS) is 12.5. The molecule has 1 atom stereocenters. The molecule has 1 heterocycles. The van der Waals surface area contributed by atoms with Crippen LogP contribution in [0.5, 0.6) is 0 Å². The molecule has 7 heteroatoms. The predicted molar refractivity (Wildman–Crippen MR) is 62.1 cm³/mol. The Hall–Kier alpha value is -1.47. The molecule has 17 heavy (non-hydrogen) atoms. The van der Waals surface area contributed by atoms with Crippen LogP contribution in [0.1, 0.15) is 18.1 Å². The van der Waals surface area contributed by atoms with Gasteiger partial charge in [-0.05, 0) is 6.92 Å². The summed E-state index contributed by atoms with van der Waals surface area (Å²) in [6, 6.07) is 0. The number of ether oxygens (including phenoxy) is 1. The molecule has 0 saturated carbocycles. The number of aryl methyl sites for hydroxylation is 1. The van der Waals surface area contributed by atoms with Crippen LogP contribution in [0.3, 0.4) is 0 Å². The standard InChI is InChI=1S/C10H19N5O2/c1-7-12-9(14-13-7)6-15(2)10(16)4-8(5-11)17-3/h8H,4-6,11H2,1-3H3,(H,12,13,14). The first-order chi connectivity index (χ1) is 8.06. The van der Waals surface area contributed by atoms with Gasteiger partial charge in [-0.2, -0.15) is 5.10 Å². The highest BCUT2D eigenvalue weighted by atomic mass is 16.5. The van der Waals surface area contributed by atoms with Crippen LogP contribution in [0, 0.1) is 6.92 Å². The van der Waals surface area contributed by atoms with Crippen LogP contribution in [0.25, 0.3) is 0 Å². The highest BCUT2D eigenvalue weighted by Gasteiger charge is 2.16. The number of nitrogens with one attached hydrogen (secondary N) is 1. The van der Waals surface area contributed by atoms with E-state index in [4.69, 9.17) is 10.5 Å². The average Bonchev–Trinajstić information content (AvgIpc) is 2.71. The molecule has 1 aromatic rings. The quantitative estimate of drug-likeness (QED) is 0.695. The molecule has 0 bridgehead atoms. The summed E-state index contributed by atoms with van der Waals surface area (Å²) in [7, 11) is 3.25. The molecule has 3 N–H and O–H groups in total. The van der Waals surface area contributed by atoms with E-state index in [1.54, 1.807) is 19.1 Å². The van der Waals surface area contributed by atoms with Gasteiger partial charge in [-0.1, -0.05) is 0 Å². The van der Waals surface area contributed by atoms with Crippen molar-refractivity contribution in [3.8, 4) is 0 Å². The number of rotatable bonds is 6. The van der Waals surface area contributed by atoms with E-state index in [9.17, 15) is 4.79 Å². The largest absolute Gasteiger partial charge is 0.380 e. The monoisotopic (exact) mass is 241 g/mol. The maximum Gasteiger partial charge on any atom is 0.225 e. The molecule has 1 amide bonds. The first-order valence-electron chi connectivity index (χ1n) is 5.41. The Bertz CT molecular complexity index is 361. The summed E-state index contributed by atoms with van der Waals surface area (Å²) in [4.78, 5) is 17.5. The third kappa shape index (κ3) is 4.12. The molecular formula is C10H19N5O2. The SMILES string of the molecule is COC(CN)CC(=O)N(C)Cc1n[nH]c(C)n1. The second-order valence-electron chi connectivity index (χ2n) is 3.88. The van der Waals surface area contributed by atoms with Gasteiger partial charge in [0.25, 0.3) is 0 Å². The number of H-pyrrole nitrogens is 1. The fourth-order valence-corrected chi connectivity index (χ4v) is 1.37. The average molecular weight is 241 g/mol. The van der Waals surface area contributed by atoms with Crippen LogP contribution in [0.15, 0.2) is 0 Å². The lowest BCUT2D eigenvalue weighted by Crippen LogP contribution is -2.33. The van der Waals surface area contributed by atoms with Gasteiger partial charge in [0.2, 0.25) is 5.91 Å². The van der Waals surface area contributed by atoms with E-state index in [0.717, 1.165) is 5.82 Å². The molecule has 1 rings (SSSR count). The van der Waals surface area contributed by atoms with E-state index >= 15 is 0 Å². The van der Waals surface area contributed by atoms with Crippen LogP contribution in [-0.2, 0) is 16.1 Å². The Balaban J connectivity index is 2.46. The Morgan fingerprint density at radius 3 is 2.82 bits per heavy atom. The van der Waals surface area contributed by atoms with Crippen LogP contribution < -0.4 is 5.73 Å². The zero-order valence-electron chi connectivity index (χ0n) is 10.4. The third-order valence-corrected chi connectivity index (χ3v) is 2.45. The van der Waals surface area contributed by atoms with Crippen molar-refractivity contribution in [3.63, 3.8) is 0 Å². The topological polar surface area (TPSA) is 97.1 Å². The minimum Gasteiger partial charge on any atom is -0.380 e. The molecule has 0 radical (unpaired) electrons. The van der Waals surface area contributed by atoms with Crippen molar-refractivity contribution >= 4 is 5.91 Å². The lowest BCUT2D eigenvalue weighted by molar-refractivity contribution is -0.132. The minimum absolute atomic E-state index is 0.0373. The zero-order chi connectivity index (χ0) is 12.8. The molecule has 0 spiro atoms. The van der Waals surface area contributed by atoms with Crippen molar-refractivity contribution in [1.82, 2.24) is 20.1 Å². The number of hydrogen-bond donors (Lipinski definition) is 2. The lowest BCUT2D eigenvalue weighted by Gasteiger charge is -2.18. The smallest absolute Gasteiger partial charge is 0.225 e. The van der Waals surface area contributed by atoms with Gasteiger partial charge in [0.15, 0.2) is 5.82 Å². The summed E-state index contributed by atoms with van der Waals surface area (Å²) >= 11 is 0. The predicted octanol–water partition coefficient (Wildman–Crippen LogP) is -0.565. The number of aromatic amines is 1. The fraction of sp³-hybridized carbons (Fsp3) is 0.700. The van der Waals surface area contributed by atoms with Gasteiger partial charge < -0.3 is 15.4 Å². The second-order valence-corrected chi connectivity index (χ2v) is 3.88. The van der Waals surface area contributed by atoms with Crippen molar-refractivity contribution in [2.24, 2.45) is 5.73 Å². The van der Waals surface area contributed by atoms with Gasteiger partial charge in [-0.15, -0.1) is 0 Å². The van der Waals surface area contributed by atoms with Gasteiger partial charge >= 0.3 is 0 Å². The molecule has 0 aliphatic heterocycles. The van der Waals surface area contributed by atoms with Gasteiger partial charge in [0.1, 0.15) is 5.82 Å². The molecule has 1 unspecified atom stereocenters. The molecule has 0 fully saturated rings. The molecule has 0 aliphatic carbocycles. The molecule has 1 aromatic heterocycles. The van der Waals surface area contributed by atoms with Gasteiger partial charge in [0, 0.05) is 20.7 Å². The molecule has 96 valence electrons. The molecular weight excluding hydrogens is 222 g/mol. The van der Waals surface area contributed by atoms with Crippen molar-refractivity contribution in [2.45, 2.75) is 26.0 Å². The van der Waals surface area contributed by atoms with Crippen LogP contribution in [0.2, 0.25) is 0 Å². The Morgan fingerprint density at radius 2 is 2.35 bits per heavy atom. The van der Waals surface area contributed by atoms with Crippen LogP contribution in [-0.4, -0.2) is 52.8 Å². The summed E-state index contributed by atoms with van der Waals surface area (Å²) in [5.41, 5.74) is 5.46. The number of carbonyl (C=O) groups excluding carboxylic acids is 1. The Morgan fingerprint density at radius 1 is 1.65 bits per heavy atom. The van der Waals surface area contributed by atoms with Gasteiger partial charge in [-0.3, -0.25) is 9.89 Å². The van der Waals surface area contributed by atoms with Crippen molar-refractivity contribution in [1.29, 1.82) is 0 Å². The molecule has 0 saturated heterocycles. The first kappa shape index (κ1) is 13.6. The number of methoxy groups -OCH3 is 1. The summed E-state index contributed by atoms with van der Waals surface area (Å²) in [5.74, 6) is 1.29. The Kier molecular flexibility index (Phi) is 5.05.